The lowest BCUT2D eigenvalue weighted by atomic mass is 10.1. The molecule has 2 nitrogen and oxygen atoms in total. The summed E-state index contributed by atoms with van der Waals surface area (Å²) < 4.78 is 0. The van der Waals surface area contributed by atoms with E-state index < -0.39 is 0 Å². The fraction of sp³-hybridized carbons (Fsp3) is 0.250. The molecule has 0 aliphatic heterocycles. The van der Waals surface area contributed by atoms with Crippen molar-refractivity contribution in [3.63, 3.8) is 0 Å². The number of nitrogens with zero attached hydrogens (tertiary/aromatic N) is 1. The average Bonchev–Trinajstić information content (AvgIpc) is 2.41. The lowest BCUT2D eigenvalue weighted by molar-refractivity contribution is 0.922. The average molecular weight is 240 g/mol. The Morgan fingerprint density at radius 1 is 0.889 bits per heavy atom. The van der Waals surface area contributed by atoms with E-state index in [1.54, 1.807) is 0 Å². The molecule has 0 unspecified atom stereocenters. The molecule has 0 amide bonds. The molecule has 2 heteroatoms. The summed E-state index contributed by atoms with van der Waals surface area (Å²) in [5.41, 5.74) is 10.4. The largest absolute Gasteiger partial charge is 0.399 e. The van der Waals surface area contributed by atoms with Gasteiger partial charge in [-0.15, -0.1) is 0 Å². The van der Waals surface area contributed by atoms with Gasteiger partial charge >= 0.3 is 0 Å². The minimum atomic E-state index is 0.814. The highest BCUT2D eigenvalue weighted by Crippen LogP contribution is 2.17. The number of nitrogen functional groups attached to an aromatic ring is 1. The van der Waals surface area contributed by atoms with Crippen LogP contribution < -0.4 is 10.6 Å². The van der Waals surface area contributed by atoms with Crippen molar-refractivity contribution in [2.45, 2.75) is 19.9 Å². The van der Waals surface area contributed by atoms with Gasteiger partial charge in [0, 0.05) is 25.0 Å². The summed E-state index contributed by atoms with van der Waals surface area (Å²) >= 11 is 0. The summed E-state index contributed by atoms with van der Waals surface area (Å²) in [6.45, 7) is 3.07. The third kappa shape index (κ3) is 3.04. The number of nitrogens with two attached hydrogens (primary N) is 1. The summed E-state index contributed by atoms with van der Waals surface area (Å²) in [4.78, 5) is 2.24. The van der Waals surface area contributed by atoms with Crippen LogP contribution in [0.25, 0.3) is 0 Å². The first-order chi connectivity index (χ1) is 8.69. The summed E-state index contributed by atoms with van der Waals surface area (Å²) in [6, 6.07) is 16.8. The molecule has 0 fully saturated rings. The van der Waals surface area contributed by atoms with Crippen LogP contribution >= 0.6 is 0 Å². The van der Waals surface area contributed by atoms with Gasteiger partial charge in [0.2, 0.25) is 0 Å². The maximum absolute atomic E-state index is 5.69. The Balaban J connectivity index is 2.06. The molecule has 0 saturated heterocycles. The third-order valence-corrected chi connectivity index (χ3v) is 3.18. The molecule has 2 aromatic carbocycles. The first kappa shape index (κ1) is 12.5. The van der Waals surface area contributed by atoms with Gasteiger partial charge in [-0.3, -0.25) is 0 Å². The highest BCUT2D eigenvalue weighted by atomic mass is 15.1. The van der Waals surface area contributed by atoms with E-state index in [1.165, 1.54) is 16.8 Å². The molecule has 2 rings (SSSR count). The van der Waals surface area contributed by atoms with E-state index in [1.807, 2.05) is 12.1 Å². The second-order valence-corrected chi connectivity index (χ2v) is 4.62. The van der Waals surface area contributed by atoms with Crippen LogP contribution in [0.2, 0.25) is 0 Å². The van der Waals surface area contributed by atoms with Crippen molar-refractivity contribution in [2.24, 2.45) is 0 Å². The zero-order valence-corrected chi connectivity index (χ0v) is 11.1. The highest BCUT2D eigenvalue weighted by molar-refractivity contribution is 5.48. The summed E-state index contributed by atoms with van der Waals surface area (Å²) in [5, 5.41) is 0. The zero-order chi connectivity index (χ0) is 13.0. The Morgan fingerprint density at radius 2 is 1.44 bits per heavy atom. The molecular formula is C16H20N2. The predicted molar refractivity (Wildman–Crippen MR) is 78.8 cm³/mol. The Morgan fingerprint density at radius 3 is 2.00 bits per heavy atom. The SMILES string of the molecule is CCc1ccc(N(C)Cc2ccc(N)cc2)cc1. The second-order valence-electron chi connectivity index (χ2n) is 4.62. The van der Waals surface area contributed by atoms with Crippen molar-refractivity contribution in [2.75, 3.05) is 17.7 Å². The number of anilines is 2. The first-order valence-electron chi connectivity index (χ1n) is 6.33. The molecule has 2 N–H and O–H groups in total. The first-order valence-corrected chi connectivity index (χ1v) is 6.33. The van der Waals surface area contributed by atoms with Crippen LogP contribution in [0.15, 0.2) is 48.5 Å². The normalized spacial score (nSPS) is 10.3. The van der Waals surface area contributed by atoms with Crippen molar-refractivity contribution in [1.29, 1.82) is 0 Å². The molecule has 0 aliphatic carbocycles. The van der Waals surface area contributed by atoms with Crippen molar-refractivity contribution < 1.29 is 0 Å². The van der Waals surface area contributed by atoms with E-state index in [0.717, 1.165) is 18.7 Å². The van der Waals surface area contributed by atoms with E-state index in [9.17, 15) is 0 Å². The van der Waals surface area contributed by atoms with Crippen molar-refractivity contribution in [3.05, 3.63) is 59.7 Å². The Hall–Kier alpha value is -1.96. The van der Waals surface area contributed by atoms with Gasteiger partial charge in [-0.25, -0.2) is 0 Å². The minimum absolute atomic E-state index is 0.814. The van der Waals surface area contributed by atoms with Gasteiger partial charge in [0.1, 0.15) is 0 Å². The Bertz CT molecular complexity index is 486. The second kappa shape index (κ2) is 5.58. The van der Waals surface area contributed by atoms with Gasteiger partial charge in [0.05, 0.1) is 0 Å². The molecular weight excluding hydrogens is 220 g/mol. The van der Waals surface area contributed by atoms with Crippen LogP contribution in [0.1, 0.15) is 18.1 Å². The zero-order valence-electron chi connectivity index (χ0n) is 11.1. The van der Waals surface area contributed by atoms with Gasteiger partial charge < -0.3 is 10.6 Å². The van der Waals surface area contributed by atoms with Crippen LogP contribution in [-0.2, 0) is 13.0 Å². The molecule has 18 heavy (non-hydrogen) atoms. The van der Waals surface area contributed by atoms with Crippen LogP contribution in [0.4, 0.5) is 11.4 Å². The number of hydrogen-bond acceptors (Lipinski definition) is 2. The van der Waals surface area contributed by atoms with Crippen LogP contribution in [0, 0.1) is 0 Å². The molecule has 0 atom stereocenters. The van der Waals surface area contributed by atoms with Gasteiger partial charge in [-0.05, 0) is 41.8 Å². The molecule has 0 aliphatic rings. The lowest BCUT2D eigenvalue weighted by Crippen LogP contribution is -2.16. The van der Waals surface area contributed by atoms with Crippen molar-refractivity contribution in [3.8, 4) is 0 Å². The molecule has 0 aromatic heterocycles. The quantitative estimate of drug-likeness (QED) is 0.829. The van der Waals surface area contributed by atoms with E-state index in [-0.39, 0.29) is 0 Å². The highest BCUT2D eigenvalue weighted by Gasteiger charge is 2.02. The van der Waals surface area contributed by atoms with Crippen LogP contribution in [0.5, 0.6) is 0 Å². The summed E-state index contributed by atoms with van der Waals surface area (Å²) in [7, 11) is 2.11. The third-order valence-electron chi connectivity index (χ3n) is 3.18. The molecule has 0 bridgehead atoms. The standard InChI is InChI=1S/C16H20N2/c1-3-13-6-10-16(11-7-13)18(2)12-14-4-8-15(17)9-5-14/h4-11H,3,12,17H2,1-2H3. The molecule has 94 valence electrons. The van der Waals surface area contributed by atoms with Gasteiger partial charge in [-0.2, -0.15) is 0 Å². The molecule has 2 aromatic rings. The number of hydrogen-bond donors (Lipinski definition) is 1. The van der Waals surface area contributed by atoms with E-state index in [2.05, 4.69) is 55.3 Å². The van der Waals surface area contributed by atoms with E-state index in [0.29, 0.717) is 0 Å². The topological polar surface area (TPSA) is 29.3 Å². The monoisotopic (exact) mass is 240 g/mol. The van der Waals surface area contributed by atoms with Crippen molar-refractivity contribution in [1.82, 2.24) is 0 Å². The lowest BCUT2D eigenvalue weighted by Gasteiger charge is -2.19. The molecule has 0 saturated carbocycles. The number of benzene rings is 2. The van der Waals surface area contributed by atoms with Crippen molar-refractivity contribution >= 4 is 11.4 Å². The summed E-state index contributed by atoms with van der Waals surface area (Å²) in [5.74, 6) is 0. The molecule has 0 spiro atoms. The fourth-order valence-electron chi connectivity index (χ4n) is 1.97. The smallest absolute Gasteiger partial charge is 0.0426 e. The Labute approximate surface area is 109 Å². The van der Waals surface area contributed by atoms with Gasteiger partial charge in [-0.1, -0.05) is 31.2 Å². The van der Waals surface area contributed by atoms with Gasteiger partial charge in [0.25, 0.3) is 0 Å². The molecule has 0 radical (unpaired) electrons. The maximum Gasteiger partial charge on any atom is 0.0426 e. The predicted octanol–water partition coefficient (Wildman–Crippen LogP) is 3.47. The maximum atomic E-state index is 5.69. The molecule has 0 heterocycles. The number of rotatable bonds is 4. The summed E-state index contributed by atoms with van der Waals surface area (Å²) in [6.07, 6.45) is 1.09. The van der Waals surface area contributed by atoms with E-state index >= 15 is 0 Å². The minimum Gasteiger partial charge on any atom is -0.399 e. The van der Waals surface area contributed by atoms with Crippen LogP contribution in [0.3, 0.4) is 0 Å². The number of aryl methyl sites for hydroxylation is 1. The van der Waals surface area contributed by atoms with Crippen LogP contribution in [-0.4, -0.2) is 7.05 Å². The fourth-order valence-corrected chi connectivity index (χ4v) is 1.97. The van der Waals surface area contributed by atoms with E-state index in [4.69, 9.17) is 5.73 Å². The Kier molecular flexibility index (Phi) is 3.88. The van der Waals surface area contributed by atoms with Gasteiger partial charge in [0.15, 0.2) is 0 Å².